The molecule has 0 saturated carbocycles. The van der Waals surface area contributed by atoms with Crippen LogP contribution < -0.4 is 0 Å². The van der Waals surface area contributed by atoms with Crippen molar-refractivity contribution in [1.29, 1.82) is 5.26 Å². The average molecular weight is 269 g/mol. The Morgan fingerprint density at radius 3 is 2.11 bits per heavy atom. The molecule has 0 N–H and O–H groups in total. The highest BCUT2D eigenvalue weighted by molar-refractivity contribution is 6.74. The first-order valence-electron chi connectivity index (χ1n) is 6.33. The van der Waals surface area contributed by atoms with Crippen LogP contribution in [0.15, 0.2) is 12.7 Å². The average Bonchev–Trinajstić information content (AvgIpc) is 2.26. The zero-order valence-corrected chi connectivity index (χ0v) is 13.8. The van der Waals surface area contributed by atoms with Gasteiger partial charge in [-0.25, -0.2) is 0 Å². The topological polar surface area (TPSA) is 42.2 Å². The molecule has 0 aliphatic heterocycles. The molecule has 0 saturated heterocycles. The van der Waals surface area contributed by atoms with Crippen LogP contribution in [0.25, 0.3) is 0 Å². The quantitative estimate of drug-likeness (QED) is 0.545. The van der Waals surface area contributed by atoms with Crippen molar-refractivity contribution in [2.45, 2.75) is 58.0 Å². The number of ether oxygens (including phenoxy) is 1. The van der Waals surface area contributed by atoms with E-state index in [4.69, 9.17) is 9.16 Å². The van der Waals surface area contributed by atoms with E-state index < -0.39 is 14.4 Å². The molecular formula is C14H27NO2Si. The van der Waals surface area contributed by atoms with Crippen LogP contribution in [0.5, 0.6) is 0 Å². The summed E-state index contributed by atoms with van der Waals surface area (Å²) in [6.45, 7) is 16.5. The standard InChI is InChI=1S/C14H27NO2Si/c1-9-11(2)13(16-6)12(10-15)17-18(7,8)14(3,4)5/h9,11-13H,1H2,2-8H3. The third-order valence-corrected chi connectivity index (χ3v) is 8.27. The third-order valence-electron chi connectivity index (χ3n) is 3.82. The summed E-state index contributed by atoms with van der Waals surface area (Å²) >= 11 is 0. The van der Waals surface area contributed by atoms with Crippen LogP contribution in [-0.2, 0) is 9.16 Å². The Hall–Kier alpha value is -0.633. The molecule has 0 fully saturated rings. The number of nitrogens with zero attached hydrogens (tertiary/aromatic N) is 1. The van der Waals surface area contributed by atoms with Crippen LogP contribution in [0.4, 0.5) is 0 Å². The molecule has 0 spiro atoms. The van der Waals surface area contributed by atoms with Gasteiger partial charge in [-0.15, -0.1) is 6.58 Å². The van der Waals surface area contributed by atoms with Gasteiger partial charge in [0.25, 0.3) is 0 Å². The van der Waals surface area contributed by atoms with Crippen LogP contribution in [0.3, 0.4) is 0 Å². The van der Waals surface area contributed by atoms with Crippen molar-refractivity contribution in [2.75, 3.05) is 7.11 Å². The molecule has 18 heavy (non-hydrogen) atoms. The molecule has 0 aromatic heterocycles. The molecule has 104 valence electrons. The van der Waals surface area contributed by atoms with Gasteiger partial charge in [0.05, 0.1) is 6.07 Å². The molecule has 0 aliphatic rings. The van der Waals surface area contributed by atoms with Crippen molar-refractivity contribution in [3.8, 4) is 6.07 Å². The number of hydrogen-bond donors (Lipinski definition) is 0. The molecule has 0 radical (unpaired) electrons. The second-order valence-corrected chi connectivity index (χ2v) is 11.0. The van der Waals surface area contributed by atoms with Gasteiger partial charge in [0.15, 0.2) is 14.4 Å². The van der Waals surface area contributed by atoms with Crippen LogP contribution in [0, 0.1) is 17.2 Å². The molecule has 0 heterocycles. The van der Waals surface area contributed by atoms with Crippen LogP contribution in [0.1, 0.15) is 27.7 Å². The zero-order chi connectivity index (χ0) is 14.6. The highest BCUT2D eigenvalue weighted by Crippen LogP contribution is 2.38. The van der Waals surface area contributed by atoms with Gasteiger partial charge >= 0.3 is 0 Å². The Morgan fingerprint density at radius 1 is 1.33 bits per heavy atom. The summed E-state index contributed by atoms with van der Waals surface area (Å²) in [7, 11) is -0.348. The normalized spacial score (nSPS) is 17.7. The summed E-state index contributed by atoms with van der Waals surface area (Å²) in [6.07, 6.45) is 0.999. The van der Waals surface area contributed by atoms with Gasteiger partial charge in [-0.2, -0.15) is 5.26 Å². The van der Waals surface area contributed by atoms with Crippen LogP contribution >= 0.6 is 0 Å². The SMILES string of the molecule is C=CC(C)C(OC)C(C#N)O[Si](C)(C)C(C)(C)C. The maximum absolute atomic E-state index is 9.33. The molecule has 3 atom stereocenters. The van der Waals surface area contributed by atoms with Gasteiger partial charge < -0.3 is 9.16 Å². The van der Waals surface area contributed by atoms with E-state index in [-0.39, 0.29) is 17.1 Å². The van der Waals surface area contributed by atoms with Crippen molar-refractivity contribution in [3.05, 3.63) is 12.7 Å². The van der Waals surface area contributed by atoms with E-state index in [1.54, 1.807) is 13.2 Å². The molecule has 0 amide bonds. The van der Waals surface area contributed by atoms with E-state index in [9.17, 15) is 5.26 Å². The molecule has 0 aromatic carbocycles. The minimum atomic E-state index is -1.96. The first kappa shape index (κ1) is 17.4. The zero-order valence-electron chi connectivity index (χ0n) is 12.8. The van der Waals surface area contributed by atoms with Gasteiger partial charge in [0.1, 0.15) is 6.10 Å². The fourth-order valence-corrected chi connectivity index (χ4v) is 2.58. The second-order valence-electron chi connectivity index (χ2n) is 6.22. The van der Waals surface area contributed by atoms with Crippen molar-refractivity contribution < 1.29 is 9.16 Å². The second kappa shape index (κ2) is 6.51. The molecule has 0 rings (SSSR count). The minimum Gasteiger partial charge on any atom is -0.399 e. The maximum atomic E-state index is 9.33. The minimum absolute atomic E-state index is 0.0812. The molecule has 3 nitrogen and oxygen atoms in total. The number of rotatable bonds is 6. The van der Waals surface area contributed by atoms with E-state index in [1.807, 2.05) is 6.92 Å². The molecule has 0 aliphatic carbocycles. The van der Waals surface area contributed by atoms with Crippen molar-refractivity contribution >= 4 is 8.32 Å². The van der Waals surface area contributed by atoms with E-state index in [2.05, 4.69) is 46.5 Å². The summed E-state index contributed by atoms with van der Waals surface area (Å²) in [4.78, 5) is 0. The van der Waals surface area contributed by atoms with Crippen LogP contribution in [-0.4, -0.2) is 27.6 Å². The molecular weight excluding hydrogens is 242 g/mol. The Bertz CT molecular complexity index is 315. The first-order chi connectivity index (χ1) is 8.10. The van der Waals surface area contributed by atoms with Gasteiger partial charge in [-0.3, -0.25) is 0 Å². The maximum Gasteiger partial charge on any atom is 0.193 e. The lowest BCUT2D eigenvalue weighted by molar-refractivity contribution is -0.000146. The number of nitriles is 1. The molecule has 4 heteroatoms. The van der Waals surface area contributed by atoms with Gasteiger partial charge in [-0.1, -0.05) is 33.8 Å². The van der Waals surface area contributed by atoms with E-state index in [0.29, 0.717) is 0 Å². The fraction of sp³-hybridized carbons (Fsp3) is 0.786. The van der Waals surface area contributed by atoms with E-state index in [1.165, 1.54) is 0 Å². The third kappa shape index (κ3) is 4.24. The Labute approximate surface area is 113 Å². The van der Waals surface area contributed by atoms with Crippen molar-refractivity contribution in [3.63, 3.8) is 0 Å². The smallest absolute Gasteiger partial charge is 0.193 e. The van der Waals surface area contributed by atoms with Gasteiger partial charge in [0.2, 0.25) is 0 Å². The van der Waals surface area contributed by atoms with Crippen molar-refractivity contribution in [1.82, 2.24) is 0 Å². The molecule has 0 aromatic rings. The first-order valence-corrected chi connectivity index (χ1v) is 9.24. The largest absolute Gasteiger partial charge is 0.399 e. The number of methoxy groups -OCH3 is 1. The predicted octanol–water partition coefficient (Wildman–Crippen LogP) is 3.74. The lowest BCUT2D eigenvalue weighted by Gasteiger charge is -2.39. The summed E-state index contributed by atoms with van der Waals surface area (Å²) in [6, 6.07) is 2.24. The Balaban J connectivity index is 5.02. The van der Waals surface area contributed by atoms with Gasteiger partial charge in [-0.05, 0) is 18.1 Å². The van der Waals surface area contributed by atoms with Gasteiger partial charge in [0, 0.05) is 13.0 Å². The lowest BCUT2D eigenvalue weighted by Crippen LogP contribution is -2.48. The predicted molar refractivity (Wildman–Crippen MR) is 77.8 cm³/mol. The summed E-state index contributed by atoms with van der Waals surface area (Å²) < 4.78 is 11.6. The van der Waals surface area contributed by atoms with E-state index >= 15 is 0 Å². The fourth-order valence-electron chi connectivity index (χ4n) is 1.41. The highest BCUT2D eigenvalue weighted by Gasteiger charge is 2.41. The summed E-state index contributed by atoms with van der Waals surface area (Å²) in [5.41, 5.74) is 0. The van der Waals surface area contributed by atoms with Crippen LogP contribution in [0.2, 0.25) is 18.1 Å². The van der Waals surface area contributed by atoms with E-state index in [0.717, 1.165) is 0 Å². The summed E-state index contributed by atoms with van der Waals surface area (Å²) in [5, 5.41) is 9.42. The molecule has 3 unspecified atom stereocenters. The summed E-state index contributed by atoms with van der Waals surface area (Å²) in [5.74, 6) is 0.0874. The monoisotopic (exact) mass is 269 g/mol. The Kier molecular flexibility index (Phi) is 6.28. The van der Waals surface area contributed by atoms with Crippen molar-refractivity contribution in [2.24, 2.45) is 5.92 Å². The lowest BCUT2D eigenvalue weighted by atomic mass is 10.0. The highest BCUT2D eigenvalue weighted by atomic mass is 28.4. The Morgan fingerprint density at radius 2 is 1.83 bits per heavy atom. The molecule has 0 bridgehead atoms. The number of hydrogen-bond acceptors (Lipinski definition) is 3.